The Morgan fingerprint density at radius 3 is 2.51 bits per heavy atom. The van der Waals surface area contributed by atoms with Gasteiger partial charge in [-0.3, -0.25) is 18.9 Å². The van der Waals surface area contributed by atoms with Crippen LogP contribution >= 0.6 is 11.3 Å². The normalized spacial score (nSPS) is 18.4. The number of anilines is 2. The first-order valence-electron chi connectivity index (χ1n) is 14.1. The first-order chi connectivity index (χ1) is 20.4. The summed E-state index contributed by atoms with van der Waals surface area (Å²) in [6, 6.07) is 5.72. The number of hydrogen-bond acceptors (Lipinski definition) is 10. The van der Waals surface area contributed by atoms with Crippen LogP contribution in [0.3, 0.4) is 0 Å². The summed E-state index contributed by atoms with van der Waals surface area (Å²) in [7, 11) is -2.08. The van der Waals surface area contributed by atoms with Crippen molar-refractivity contribution in [2.75, 3.05) is 44.7 Å². The molecule has 2 aliphatic heterocycles. The zero-order valence-electron chi connectivity index (χ0n) is 24.8. The molecule has 3 aromatic heterocycles. The number of nitrogens with one attached hydrogen (secondary N) is 1. The van der Waals surface area contributed by atoms with E-state index in [1.54, 1.807) is 34.5 Å². The lowest BCUT2D eigenvalue weighted by Crippen LogP contribution is -2.46. The zero-order chi connectivity index (χ0) is 30.8. The van der Waals surface area contributed by atoms with Gasteiger partial charge in [0.15, 0.2) is 0 Å². The van der Waals surface area contributed by atoms with Gasteiger partial charge in [0.25, 0.3) is 16.0 Å². The number of aryl methyl sites for hydroxylation is 1. The van der Waals surface area contributed by atoms with Crippen LogP contribution in [0.5, 0.6) is 0 Å². The van der Waals surface area contributed by atoms with Crippen molar-refractivity contribution in [1.82, 2.24) is 29.5 Å². The Labute approximate surface area is 255 Å². The van der Waals surface area contributed by atoms with Crippen LogP contribution in [0.25, 0.3) is 10.6 Å². The molecule has 3 aromatic rings. The van der Waals surface area contributed by atoms with E-state index in [4.69, 9.17) is 9.29 Å². The maximum absolute atomic E-state index is 13.3. The second-order valence-electron chi connectivity index (χ2n) is 11.2. The monoisotopic (exact) mass is 627 g/mol. The van der Waals surface area contributed by atoms with Crippen LogP contribution in [0.4, 0.5) is 11.8 Å². The molecule has 5 heterocycles. The maximum atomic E-state index is 13.3. The van der Waals surface area contributed by atoms with Gasteiger partial charge in [0, 0.05) is 50.4 Å². The lowest BCUT2D eigenvalue weighted by Gasteiger charge is -2.35. The topological polar surface area (TPSA) is 143 Å². The van der Waals surface area contributed by atoms with Crippen molar-refractivity contribution in [1.29, 1.82) is 0 Å². The lowest BCUT2D eigenvalue weighted by atomic mass is 10.0. The molecule has 1 aliphatic carbocycles. The number of allylic oxidation sites excluding steroid dienone is 4. The van der Waals surface area contributed by atoms with Gasteiger partial charge in [0.2, 0.25) is 5.95 Å². The predicted molar refractivity (Wildman–Crippen MR) is 166 cm³/mol. The molecule has 3 aliphatic rings. The molecule has 0 unspecified atom stereocenters. The minimum absolute atomic E-state index is 0.100. The lowest BCUT2D eigenvalue weighted by molar-refractivity contribution is 0.0263. The summed E-state index contributed by atoms with van der Waals surface area (Å²) in [5.41, 5.74) is 2.38. The minimum Gasteiger partial charge on any atom is -0.379 e. The van der Waals surface area contributed by atoms with E-state index in [0.29, 0.717) is 18.8 Å². The Bertz CT molecular complexity index is 1650. The SMILES string of the molecule is CC1=CC=C(S(=O)(=O)O)CC1.Cn1nccc1Nc1nccc(-c2cc3c(s2)C(C)(C)N(CCN2CCOCC2)C3=O)n1. The summed E-state index contributed by atoms with van der Waals surface area (Å²) in [6.45, 7) is 11.2. The van der Waals surface area contributed by atoms with Crippen LogP contribution in [0, 0.1) is 0 Å². The number of rotatable bonds is 7. The Balaban J connectivity index is 0.000000283. The molecule has 12 nitrogen and oxygen atoms in total. The van der Waals surface area contributed by atoms with E-state index in [1.807, 2.05) is 37.1 Å². The van der Waals surface area contributed by atoms with Gasteiger partial charge in [0.05, 0.1) is 46.0 Å². The minimum atomic E-state index is -3.93. The van der Waals surface area contributed by atoms with E-state index < -0.39 is 10.1 Å². The largest absolute Gasteiger partial charge is 0.379 e. The average molecular weight is 628 g/mol. The number of ether oxygens (including phenoxy) is 1. The summed E-state index contributed by atoms with van der Waals surface area (Å²) in [6.07, 6.45) is 7.75. The highest BCUT2D eigenvalue weighted by atomic mass is 32.2. The summed E-state index contributed by atoms with van der Waals surface area (Å²) in [5, 5.41) is 7.34. The molecule has 0 aromatic carbocycles. The molecule has 14 heteroatoms. The van der Waals surface area contributed by atoms with Crippen molar-refractivity contribution in [2.24, 2.45) is 7.05 Å². The predicted octanol–water partition coefficient (Wildman–Crippen LogP) is 4.20. The number of carbonyl (C=O) groups excluding carboxylic acids is 1. The molecule has 230 valence electrons. The Kier molecular flexibility index (Phi) is 9.13. The van der Waals surface area contributed by atoms with Crippen LogP contribution in [-0.2, 0) is 27.4 Å². The van der Waals surface area contributed by atoms with Gasteiger partial charge in [-0.15, -0.1) is 11.3 Å². The summed E-state index contributed by atoms with van der Waals surface area (Å²) >= 11 is 1.64. The van der Waals surface area contributed by atoms with Gasteiger partial charge in [-0.2, -0.15) is 13.5 Å². The molecule has 0 atom stereocenters. The van der Waals surface area contributed by atoms with Crippen LogP contribution in [0.15, 0.2) is 53.2 Å². The highest BCUT2D eigenvalue weighted by Crippen LogP contribution is 2.46. The molecule has 43 heavy (non-hydrogen) atoms. The van der Waals surface area contributed by atoms with Crippen molar-refractivity contribution in [3.63, 3.8) is 0 Å². The molecule has 0 spiro atoms. The van der Waals surface area contributed by atoms with Gasteiger partial charge >= 0.3 is 0 Å². The van der Waals surface area contributed by atoms with Gasteiger partial charge in [0.1, 0.15) is 5.82 Å². The van der Waals surface area contributed by atoms with Crippen LogP contribution in [0.1, 0.15) is 48.8 Å². The third-order valence-corrected chi connectivity index (χ3v) is 10.3. The molecule has 0 bridgehead atoms. The Morgan fingerprint density at radius 1 is 1.12 bits per heavy atom. The molecule has 0 radical (unpaired) electrons. The van der Waals surface area contributed by atoms with E-state index in [0.717, 1.165) is 71.8 Å². The number of thiophene rings is 1. The average Bonchev–Trinajstić information content (AvgIpc) is 3.65. The first kappa shape index (κ1) is 31.0. The van der Waals surface area contributed by atoms with Crippen molar-refractivity contribution in [3.05, 3.63) is 63.7 Å². The maximum Gasteiger partial charge on any atom is 0.290 e. The third-order valence-electron chi connectivity index (χ3n) is 7.80. The van der Waals surface area contributed by atoms with E-state index in [1.165, 1.54) is 6.08 Å². The molecule has 0 saturated carbocycles. The van der Waals surface area contributed by atoms with Crippen molar-refractivity contribution >= 4 is 39.1 Å². The number of morpholine rings is 1. The fraction of sp³-hybridized carbons (Fsp3) is 0.448. The molecule has 1 amide bonds. The molecule has 2 N–H and O–H groups in total. The first-order valence-corrected chi connectivity index (χ1v) is 16.4. The van der Waals surface area contributed by atoms with E-state index in [-0.39, 0.29) is 16.4 Å². The Morgan fingerprint density at radius 2 is 1.88 bits per heavy atom. The number of carbonyl (C=O) groups is 1. The fourth-order valence-electron chi connectivity index (χ4n) is 5.20. The number of nitrogens with zero attached hydrogens (tertiary/aromatic N) is 6. The van der Waals surface area contributed by atoms with Gasteiger partial charge in [-0.1, -0.05) is 11.6 Å². The molecule has 1 fully saturated rings. The summed E-state index contributed by atoms with van der Waals surface area (Å²) in [5.74, 6) is 1.41. The highest BCUT2D eigenvalue weighted by Gasteiger charge is 2.44. The van der Waals surface area contributed by atoms with E-state index >= 15 is 0 Å². The van der Waals surface area contributed by atoms with Crippen molar-refractivity contribution < 1.29 is 22.5 Å². The number of amides is 1. The Hall–Kier alpha value is -3.43. The fourth-order valence-corrected chi connectivity index (χ4v) is 7.04. The molecule has 6 rings (SSSR count). The zero-order valence-corrected chi connectivity index (χ0v) is 26.4. The second kappa shape index (κ2) is 12.7. The van der Waals surface area contributed by atoms with E-state index in [2.05, 4.69) is 39.1 Å². The summed E-state index contributed by atoms with van der Waals surface area (Å²) in [4.78, 5) is 28.8. The van der Waals surface area contributed by atoms with Gasteiger partial charge in [-0.05, 0) is 51.8 Å². The highest BCUT2D eigenvalue weighted by molar-refractivity contribution is 7.89. The van der Waals surface area contributed by atoms with E-state index in [9.17, 15) is 13.2 Å². The number of fused-ring (bicyclic) bond motifs is 1. The van der Waals surface area contributed by atoms with Crippen LogP contribution in [0.2, 0.25) is 0 Å². The molecular formula is C29H37N7O5S2. The third kappa shape index (κ3) is 7.04. The summed E-state index contributed by atoms with van der Waals surface area (Å²) < 4.78 is 36.9. The van der Waals surface area contributed by atoms with Crippen LogP contribution < -0.4 is 5.32 Å². The number of aromatic nitrogens is 4. The van der Waals surface area contributed by atoms with Crippen molar-refractivity contribution in [3.8, 4) is 10.6 Å². The number of hydrogen-bond donors (Lipinski definition) is 2. The van der Waals surface area contributed by atoms with Crippen molar-refractivity contribution in [2.45, 2.75) is 39.2 Å². The second-order valence-corrected chi connectivity index (χ2v) is 13.7. The quantitative estimate of drug-likeness (QED) is 0.366. The smallest absolute Gasteiger partial charge is 0.290 e. The standard InChI is InChI=1S/C22H27N7O2S.C7H10O3S/c1-22(2)19-15(20(30)29(22)9-8-28-10-12-31-13-11-28)14-17(32-19)16-4-6-23-21(25-16)26-18-5-7-24-27(18)3;1-6-2-4-7(5-3-6)11(8,9)10/h4-7,14H,8-13H2,1-3H3,(H,23,25,26);2,4H,3,5H2,1H3,(H,8,9,10). The van der Waals surface area contributed by atoms with Crippen LogP contribution in [-0.4, -0.2) is 87.8 Å². The van der Waals surface area contributed by atoms with Gasteiger partial charge < -0.3 is 15.0 Å². The van der Waals surface area contributed by atoms with Gasteiger partial charge in [-0.25, -0.2) is 9.97 Å². The molecule has 1 saturated heterocycles. The molecular weight excluding hydrogens is 590 g/mol.